The monoisotopic (exact) mass is 365 g/mol. The van der Waals surface area contributed by atoms with E-state index in [1.165, 1.54) is 14.0 Å². The highest BCUT2D eigenvalue weighted by Crippen LogP contribution is 2.28. The Morgan fingerprint density at radius 1 is 1.11 bits per heavy atom. The summed E-state index contributed by atoms with van der Waals surface area (Å²) in [6, 6.07) is 14.6. The topological polar surface area (TPSA) is 64.0 Å². The van der Waals surface area contributed by atoms with E-state index in [0.717, 1.165) is 15.8 Å². The smallest absolute Gasteiger partial charge is 0.229 e. The maximum atomic E-state index is 14.1. The number of halogens is 1. The number of aromatic nitrogens is 2. The van der Waals surface area contributed by atoms with Crippen molar-refractivity contribution in [1.82, 2.24) is 9.78 Å². The van der Waals surface area contributed by atoms with Crippen LogP contribution in [0.3, 0.4) is 0 Å². The number of hydrogen-bond donors (Lipinski definition) is 1. The molecule has 0 bridgehead atoms. The lowest BCUT2D eigenvalue weighted by Crippen LogP contribution is -2.16. The number of para-hydroxylation sites is 1. The maximum Gasteiger partial charge on any atom is 0.229 e. The van der Waals surface area contributed by atoms with Gasteiger partial charge in [-0.15, -0.1) is 0 Å². The van der Waals surface area contributed by atoms with Crippen molar-refractivity contribution in [2.75, 3.05) is 5.32 Å². The summed E-state index contributed by atoms with van der Waals surface area (Å²) in [5.41, 5.74) is 3.74. The number of carbonyl (C=O) groups is 2. The number of Topliss-reactive ketones (excluding diaryl/α,β-unsaturated/α-hetero) is 1. The van der Waals surface area contributed by atoms with E-state index in [1.54, 1.807) is 25.1 Å². The molecule has 0 unspecified atom stereocenters. The number of rotatable bonds is 5. The fourth-order valence-electron chi connectivity index (χ4n) is 2.96. The van der Waals surface area contributed by atoms with Gasteiger partial charge in [0.15, 0.2) is 5.78 Å². The summed E-state index contributed by atoms with van der Waals surface area (Å²) in [4.78, 5) is 23.9. The second kappa shape index (κ2) is 7.53. The van der Waals surface area contributed by atoms with Crippen molar-refractivity contribution < 1.29 is 14.0 Å². The average Bonchev–Trinajstić information content (AvgIpc) is 2.88. The number of ketones is 1. The molecule has 6 heteroatoms. The van der Waals surface area contributed by atoms with Crippen LogP contribution in [0.5, 0.6) is 0 Å². The minimum absolute atomic E-state index is 0.00277. The van der Waals surface area contributed by atoms with Crippen LogP contribution in [0.2, 0.25) is 0 Å². The highest BCUT2D eigenvalue weighted by atomic mass is 19.1. The highest BCUT2D eigenvalue weighted by molar-refractivity contribution is 5.97. The molecule has 138 valence electrons. The van der Waals surface area contributed by atoms with Crippen molar-refractivity contribution in [1.29, 1.82) is 0 Å². The number of hydrogen-bond acceptors (Lipinski definition) is 3. The molecule has 27 heavy (non-hydrogen) atoms. The zero-order valence-electron chi connectivity index (χ0n) is 15.4. The molecule has 1 aromatic heterocycles. The molecule has 0 aliphatic heterocycles. The molecule has 3 aromatic rings. The van der Waals surface area contributed by atoms with Crippen LogP contribution in [0, 0.1) is 12.9 Å². The largest absolute Gasteiger partial charge is 0.325 e. The van der Waals surface area contributed by atoms with Gasteiger partial charge in [-0.1, -0.05) is 42.5 Å². The van der Waals surface area contributed by atoms with Crippen LogP contribution in [-0.4, -0.2) is 21.5 Å². The van der Waals surface area contributed by atoms with Gasteiger partial charge in [-0.2, -0.15) is 9.49 Å². The first kappa shape index (κ1) is 18.5. The zero-order valence-corrected chi connectivity index (χ0v) is 15.4. The van der Waals surface area contributed by atoms with Crippen LogP contribution in [-0.2, 0) is 18.3 Å². The third-order valence-electron chi connectivity index (χ3n) is 4.41. The van der Waals surface area contributed by atoms with Crippen molar-refractivity contribution in [3.05, 3.63) is 71.3 Å². The Hall–Kier alpha value is -3.28. The van der Waals surface area contributed by atoms with Crippen molar-refractivity contribution in [3.63, 3.8) is 0 Å². The third-order valence-corrected chi connectivity index (χ3v) is 4.41. The van der Waals surface area contributed by atoms with Gasteiger partial charge < -0.3 is 5.32 Å². The SMILES string of the molecule is CC(=O)c1ccc(-c2ccccc2NC(=O)Cc2c(C)nn(C)c2F)cc1. The number of carbonyl (C=O) groups excluding carboxylic acids is 2. The molecule has 0 atom stereocenters. The summed E-state index contributed by atoms with van der Waals surface area (Å²) in [7, 11) is 1.50. The minimum atomic E-state index is -0.504. The van der Waals surface area contributed by atoms with E-state index in [-0.39, 0.29) is 18.1 Å². The quantitative estimate of drug-likeness (QED) is 0.697. The molecule has 0 aliphatic rings. The summed E-state index contributed by atoms with van der Waals surface area (Å²) >= 11 is 0. The second-order valence-electron chi connectivity index (χ2n) is 6.38. The lowest BCUT2D eigenvalue weighted by atomic mass is 10.0. The standard InChI is InChI=1S/C21H20FN3O2/c1-13-18(21(22)25(3)24-13)12-20(27)23-19-7-5-4-6-17(19)16-10-8-15(9-11-16)14(2)26/h4-11H,12H2,1-3H3,(H,23,27). The Balaban J connectivity index is 1.83. The van der Waals surface area contributed by atoms with Gasteiger partial charge in [-0.05, 0) is 25.5 Å². The lowest BCUT2D eigenvalue weighted by molar-refractivity contribution is -0.115. The van der Waals surface area contributed by atoms with Gasteiger partial charge in [0.2, 0.25) is 11.9 Å². The van der Waals surface area contributed by atoms with Crippen LogP contribution in [0.4, 0.5) is 10.1 Å². The van der Waals surface area contributed by atoms with Crippen molar-refractivity contribution in [3.8, 4) is 11.1 Å². The molecule has 1 amide bonds. The van der Waals surface area contributed by atoms with E-state index in [0.29, 0.717) is 22.5 Å². The number of amides is 1. The third kappa shape index (κ3) is 3.95. The Kier molecular flexibility index (Phi) is 5.16. The molecule has 0 saturated heterocycles. The molecule has 0 fully saturated rings. The molecule has 0 aliphatic carbocycles. The fourth-order valence-corrected chi connectivity index (χ4v) is 2.96. The average molecular weight is 365 g/mol. The molecule has 2 aromatic carbocycles. The van der Waals surface area contributed by atoms with Gasteiger partial charge in [-0.3, -0.25) is 9.59 Å². The molecular formula is C21H20FN3O2. The second-order valence-corrected chi connectivity index (χ2v) is 6.38. The van der Waals surface area contributed by atoms with Gasteiger partial charge in [0, 0.05) is 29.4 Å². The first-order valence-corrected chi connectivity index (χ1v) is 8.55. The van der Waals surface area contributed by atoms with Crippen LogP contribution in [0.25, 0.3) is 11.1 Å². The molecule has 5 nitrogen and oxygen atoms in total. The molecule has 1 N–H and O–H groups in total. The van der Waals surface area contributed by atoms with Gasteiger partial charge in [-0.25, -0.2) is 4.68 Å². The predicted octanol–water partition coefficient (Wildman–Crippen LogP) is 3.92. The van der Waals surface area contributed by atoms with Gasteiger partial charge in [0.05, 0.1) is 12.1 Å². The Bertz CT molecular complexity index is 1010. The van der Waals surface area contributed by atoms with Crippen LogP contribution >= 0.6 is 0 Å². The molecule has 0 radical (unpaired) electrons. The summed E-state index contributed by atoms with van der Waals surface area (Å²) in [5, 5.41) is 6.84. The van der Waals surface area contributed by atoms with Gasteiger partial charge in [0.25, 0.3) is 0 Å². The van der Waals surface area contributed by atoms with Crippen LogP contribution in [0.1, 0.15) is 28.5 Å². The van der Waals surface area contributed by atoms with Crippen LogP contribution in [0.15, 0.2) is 48.5 Å². The number of anilines is 1. The normalized spacial score (nSPS) is 10.7. The molecule has 0 saturated carbocycles. The predicted molar refractivity (Wildman–Crippen MR) is 102 cm³/mol. The van der Waals surface area contributed by atoms with E-state index < -0.39 is 5.95 Å². The van der Waals surface area contributed by atoms with Crippen molar-refractivity contribution in [2.45, 2.75) is 20.3 Å². The summed E-state index contributed by atoms with van der Waals surface area (Å²) in [6.07, 6.45) is -0.0941. The Morgan fingerprint density at radius 3 is 2.37 bits per heavy atom. The first-order valence-electron chi connectivity index (χ1n) is 8.55. The molecular weight excluding hydrogens is 345 g/mol. The fraction of sp³-hybridized carbons (Fsp3) is 0.190. The highest BCUT2D eigenvalue weighted by Gasteiger charge is 2.17. The molecule has 3 rings (SSSR count). The van der Waals surface area contributed by atoms with E-state index in [9.17, 15) is 14.0 Å². The number of nitrogens with zero attached hydrogens (tertiary/aromatic N) is 2. The number of benzene rings is 2. The van der Waals surface area contributed by atoms with Crippen LogP contribution < -0.4 is 5.32 Å². The summed E-state index contributed by atoms with van der Waals surface area (Å²) in [5.74, 6) is -0.828. The van der Waals surface area contributed by atoms with Crippen molar-refractivity contribution in [2.24, 2.45) is 7.05 Å². The molecule has 0 spiro atoms. The Morgan fingerprint density at radius 2 is 1.78 bits per heavy atom. The van der Waals surface area contributed by atoms with Gasteiger partial charge in [0.1, 0.15) is 0 Å². The lowest BCUT2D eigenvalue weighted by Gasteiger charge is -2.12. The number of aryl methyl sites for hydroxylation is 2. The zero-order chi connectivity index (χ0) is 19.6. The molecule has 1 heterocycles. The summed E-state index contributed by atoms with van der Waals surface area (Å²) < 4.78 is 15.2. The van der Waals surface area contributed by atoms with E-state index in [4.69, 9.17) is 0 Å². The first-order chi connectivity index (χ1) is 12.9. The van der Waals surface area contributed by atoms with Crippen molar-refractivity contribution >= 4 is 17.4 Å². The van der Waals surface area contributed by atoms with E-state index in [2.05, 4.69) is 10.4 Å². The van der Waals surface area contributed by atoms with Gasteiger partial charge >= 0.3 is 0 Å². The summed E-state index contributed by atoms with van der Waals surface area (Å²) in [6.45, 7) is 3.19. The minimum Gasteiger partial charge on any atom is -0.325 e. The van der Waals surface area contributed by atoms with E-state index >= 15 is 0 Å². The maximum absolute atomic E-state index is 14.1. The Labute approximate surface area is 156 Å². The van der Waals surface area contributed by atoms with E-state index in [1.807, 2.05) is 30.3 Å². The number of nitrogens with one attached hydrogen (secondary N) is 1.